The van der Waals surface area contributed by atoms with E-state index in [4.69, 9.17) is 45.6 Å². The number of nitrogens with one attached hydrogen (secondary N) is 1. The van der Waals surface area contributed by atoms with E-state index in [2.05, 4.69) is 5.32 Å². The summed E-state index contributed by atoms with van der Waals surface area (Å²) in [5.74, 6) is -1.26. The van der Waals surface area contributed by atoms with E-state index in [1.165, 1.54) is 0 Å². The van der Waals surface area contributed by atoms with Crippen molar-refractivity contribution < 1.29 is 73.8 Å². The molecule has 0 radical (unpaired) electrons. The third kappa shape index (κ3) is 6.70. The Kier molecular flexibility index (Phi) is 10.6. The highest BCUT2D eigenvalue weighted by Gasteiger charge is 2.52. The second kappa shape index (κ2) is 13.4. The summed E-state index contributed by atoms with van der Waals surface area (Å²) in [7, 11) is 0. The molecule has 4 rings (SSSR count). The van der Waals surface area contributed by atoms with Crippen LogP contribution in [0.4, 0.5) is 0 Å². The summed E-state index contributed by atoms with van der Waals surface area (Å²) < 4.78 is 33.7. The topological polar surface area (TPSA) is 321 Å². The van der Waals surface area contributed by atoms with E-state index in [1.54, 1.807) is 0 Å². The van der Waals surface area contributed by atoms with Crippen LogP contribution in [0.25, 0.3) is 0 Å². The molecule has 3 unspecified atom stereocenters. The third-order valence-electron chi connectivity index (χ3n) is 7.54. The molecule has 0 aromatic heterocycles. The lowest BCUT2D eigenvalue weighted by Crippen LogP contribution is -2.69. The number of carbonyl (C=O) groups is 2. The molecule has 4 saturated heterocycles. The highest BCUT2D eigenvalue weighted by molar-refractivity contribution is 6.04. The minimum atomic E-state index is -1.65. The molecule has 4 aliphatic heterocycles. The molecule has 2 amide bonds. The van der Waals surface area contributed by atoms with Crippen molar-refractivity contribution in [3.63, 3.8) is 0 Å². The molecular weight excluding hydrogens is 560 g/mol. The zero-order chi connectivity index (χ0) is 30.2. The first-order valence-electron chi connectivity index (χ1n) is 13.0. The molecule has 0 aliphatic carbocycles. The SMILES string of the molecule is N[C@H]1[C@H](OC2[C@@H](COC3CC(=O)NC3=O)O[C@@H](OC3[C@@H](CO)O[C@@H](O)[C@H](N)[C@H]3O)[C@H](N)[C@H]2O)O[C@H](CO)[C@@H](O)[C@@H]1O. The van der Waals surface area contributed by atoms with Gasteiger partial charge in [-0.05, 0) is 0 Å². The molecule has 4 heterocycles. The molecule has 14 N–H and O–H groups in total. The fourth-order valence-electron chi connectivity index (χ4n) is 5.05. The van der Waals surface area contributed by atoms with Crippen molar-refractivity contribution in [1.29, 1.82) is 0 Å². The Morgan fingerprint density at radius 2 is 1.27 bits per heavy atom. The molecule has 16 atom stereocenters. The highest BCUT2D eigenvalue weighted by atomic mass is 16.7. The van der Waals surface area contributed by atoms with Crippen LogP contribution in [-0.4, -0.2) is 165 Å². The van der Waals surface area contributed by atoms with E-state index in [0.717, 1.165) is 0 Å². The molecular formula is C22H38N4O15. The Balaban J connectivity index is 1.54. The van der Waals surface area contributed by atoms with Crippen LogP contribution in [0.1, 0.15) is 6.42 Å². The first-order valence-corrected chi connectivity index (χ1v) is 13.0. The van der Waals surface area contributed by atoms with Gasteiger partial charge < -0.3 is 81.4 Å². The number of nitrogens with two attached hydrogens (primary N) is 3. The predicted octanol–water partition coefficient (Wildman–Crippen LogP) is -8.23. The quantitative estimate of drug-likeness (QED) is 0.110. The number of ether oxygens (including phenoxy) is 6. The second-order valence-electron chi connectivity index (χ2n) is 10.4. The summed E-state index contributed by atoms with van der Waals surface area (Å²) in [5, 5.41) is 73.3. The maximum Gasteiger partial charge on any atom is 0.256 e. The number of hydrogen-bond acceptors (Lipinski definition) is 18. The van der Waals surface area contributed by atoms with Crippen LogP contribution >= 0.6 is 0 Å². The van der Waals surface area contributed by atoms with E-state index in [9.17, 15) is 45.3 Å². The zero-order valence-corrected chi connectivity index (χ0v) is 21.7. The van der Waals surface area contributed by atoms with Gasteiger partial charge in [0.15, 0.2) is 18.9 Å². The van der Waals surface area contributed by atoms with Gasteiger partial charge in [0.05, 0.1) is 44.4 Å². The summed E-state index contributed by atoms with van der Waals surface area (Å²) in [6.07, 6.45) is -19.1. The van der Waals surface area contributed by atoms with E-state index < -0.39 is 130 Å². The minimum absolute atomic E-state index is 0.276. The fraction of sp³-hybridized carbons (Fsp3) is 0.909. The molecule has 0 aromatic rings. The number of hydrogen-bond donors (Lipinski definition) is 11. The maximum atomic E-state index is 12.0. The summed E-state index contributed by atoms with van der Waals surface area (Å²) in [6, 6.07) is -4.09. The van der Waals surface area contributed by atoms with Crippen LogP contribution in [0, 0.1) is 0 Å². The number of aliphatic hydroxyl groups is 7. The number of amides is 2. The van der Waals surface area contributed by atoms with Crippen LogP contribution in [0.3, 0.4) is 0 Å². The van der Waals surface area contributed by atoms with Gasteiger partial charge in [0.25, 0.3) is 5.91 Å². The van der Waals surface area contributed by atoms with E-state index in [1.807, 2.05) is 0 Å². The van der Waals surface area contributed by atoms with Gasteiger partial charge in [0, 0.05) is 0 Å². The Bertz CT molecular complexity index is 916. The number of aliphatic hydroxyl groups excluding tert-OH is 7. The van der Waals surface area contributed by atoms with Crippen LogP contribution in [0.5, 0.6) is 0 Å². The molecule has 41 heavy (non-hydrogen) atoms. The van der Waals surface area contributed by atoms with Crippen molar-refractivity contribution in [2.45, 2.75) is 104 Å². The fourth-order valence-corrected chi connectivity index (χ4v) is 5.05. The summed E-state index contributed by atoms with van der Waals surface area (Å²) in [4.78, 5) is 23.6. The van der Waals surface area contributed by atoms with Gasteiger partial charge in [0.2, 0.25) is 5.91 Å². The number of imide groups is 1. The van der Waals surface area contributed by atoms with Crippen LogP contribution in [-0.2, 0) is 38.0 Å². The molecule has 0 saturated carbocycles. The van der Waals surface area contributed by atoms with Gasteiger partial charge in [0.1, 0.15) is 61.0 Å². The van der Waals surface area contributed by atoms with Crippen molar-refractivity contribution in [3.8, 4) is 0 Å². The average molecular weight is 599 g/mol. The number of carbonyl (C=O) groups excluding carboxylic acids is 2. The lowest BCUT2D eigenvalue weighted by molar-refractivity contribution is -0.349. The predicted molar refractivity (Wildman–Crippen MR) is 128 cm³/mol. The van der Waals surface area contributed by atoms with Crippen LogP contribution in [0.2, 0.25) is 0 Å². The monoisotopic (exact) mass is 598 g/mol. The third-order valence-corrected chi connectivity index (χ3v) is 7.54. The largest absolute Gasteiger partial charge is 0.394 e. The Morgan fingerprint density at radius 3 is 1.83 bits per heavy atom. The summed E-state index contributed by atoms with van der Waals surface area (Å²) >= 11 is 0. The Hall–Kier alpha value is -1.50. The normalized spacial score (nSPS) is 49.2. The van der Waals surface area contributed by atoms with E-state index in [-0.39, 0.29) is 6.42 Å². The van der Waals surface area contributed by atoms with Gasteiger partial charge in [-0.3, -0.25) is 14.9 Å². The molecule has 4 fully saturated rings. The lowest BCUT2D eigenvalue weighted by Gasteiger charge is -2.48. The second-order valence-corrected chi connectivity index (χ2v) is 10.4. The van der Waals surface area contributed by atoms with Crippen LogP contribution in [0.15, 0.2) is 0 Å². The average Bonchev–Trinajstić information content (AvgIpc) is 3.27. The molecule has 0 bridgehead atoms. The van der Waals surface area contributed by atoms with Gasteiger partial charge in [-0.1, -0.05) is 0 Å². The van der Waals surface area contributed by atoms with Crippen molar-refractivity contribution in [3.05, 3.63) is 0 Å². The van der Waals surface area contributed by atoms with Gasteiger partial charge in [-0.15, -0.1) is 0 Å². The van der Waals surface area contributed by atoms with Gasteiger partial charge in [-0.2, -0.15) is 0 Å². The smallest absolute Gasteiger partial charge is 0.256 e. The molecule has 19 heteroatoms. The van der Waals surface area contributed by atoms with Gasteiger partial charge in [-0.25, -0.2) is 0 Å². The van der Waals surface area contributed by atoms with Crippen molar-refractivity contribution >= 4 is 11.8 Å². The molecule has 4 aliphatic rings. The Labute approximate surface area is 233 Å². The van der Waals surface area contributed by atoms with Crippen molar-refractivity contribution in [2.24, 2.45) is 17.2 Å². The van der Waals surface area contributed by atoms with E-state index >= 15 is 0 Å². The van der Waals surface area contributed by atoms with Gasteiger partial charge >= 0.3 is 0 Å². The molecule has 0 spiro atoms. The van der Waals surface area contributed by atoms with Crippen molar-refractivity contribution in [2.75, 3.05) is 19.8 Å². The first-order chi connectivity index (χ1) is 19.4. The van der Waals surface area contributed by atoms with Crippen LogP contribution < -0.4 is 22.5 Å². The highest BCUT2D eigenvalue weighted by Crippen LogP contribution is 2.31. The lowest BCUT2D eigenvalue weighted by atomic mass is 9.94. The minimum Gasteiger partial charge on any atom is -0.394 e. The summed E-state index contributed by atoms with van der Waals surface area (Å²) in [6.45, 7) is -1.88. The van der Waals surface area contributed by atoms with E-state index in [0.29, 0.717) is 0 Å². The standard InChI is InChI=1S/C22H38N4O15/c23-10-15(32)17(7(3-28)37-20(10)35)40-22-12(25)16(33)18(8(39-22)4-36-5-1-9(29)26-19(5)34)41-21-11(24)14(31)13(30)6(2-27)38-21/h5-8,10-18,20-22,27-28,30-33,35H,1-4,23-25H2,(H,26,29,34)/t5?,6-,7-,8-,10-,11-,12-,13-,14-,15-,16-,17?,18?,20-,21+,22+/m1/s1. The Morgan fingerprint density at radius 1 is 0.732 bits per heavy atom. The zero-order valence-electron chi connectivity index (χ0n) is 21.7. The molecule has 0 aromatic carbocycles. The van der Waals surface area contributed by atoms with Crippen molar-refractivity contribution in [1.82, 2.24) is 5.32 Å². The molecule has 19 nitrogen and oxygen atoms in total. The number of rotatable bonds is 9. The molecule has 236 valence electrons. The summed E-state index contributed by atoms with van der Waals surface area (Å²) in [5.41, 5.74) is 17.9. The maximum absolute atomic E-state index is 12.0. The first kappa shape index (κ1) is 32.4.